The molecule has 0 aliphatic carbocycles. The predicted octanol–water partition coefficient (Wildman–Crippen LogP) is 3.89. The maximum absolute atomic E-state index is 12.2. The number of methoxy groups -OCH3 is 1. The monoisotopic (exact) mass is 356 g/mol. The molecule has 0 radical (unpaired) electrons. The summed E-state index contributed by atoms with van der Waals surface area (Å²) in [4.78, 5) is 16.5. The van der Waals surface area contributed by atoms with Gasteiger partial charge in [0.15, 0.2) is 5.15 Å². The van der Waals surface area contributed by atoms with E-state index >= 15 is 0 Å². The van der Waals surface area contributed by atoms with E-state index in [9.17, 15) is 4.79 Å². The quantitative estimate of drug-likeness (QED) is 0.695. The van der Waals surface area contributed by atoms with Gasteiger partial charge in [-0.3, -0.25) is 9.89 Å². The van der Waals surface area contributed by atoms with Gasteiger partial charge in [-0.05, 0) is 43.2 Å². The van der Waals surface area contributed by atoms with E-state index < -0.39 is 0 Å². The molecule has 6 nitrogen and oxygen atoms in total. The number of halogens is 1. The molecule has 2 aromatic heterocycles. The number of rotatable bonds is 4. The summed E-state index contributed by atoms with van der Waals surface area (Å²) in [5.74, 6) is 0.288. The number of amides is 1. The Labute approximate surface area is 149 Å². The molecule has 0 saturated heterocycles. The van der Waals surface area contributed by atoms with Gasteiger partial charge in [-0.1, -0.05) is 17.7 Å². The Morgan fingerprint density at radius 1 is 1.32 bits per heavy atom. The lowest BCUT2D eigenvalue weighted by Gasteiger charge is -2.11. The first-order valence-electron chi connectivity index (χ1n) is 7.63. The van der Waals surface area contributed by atoms with Gasteiger partial charge in [-0.2, -0.15) is 5.10 Å². The number of nitrogens with zero attached hydrogens (tertiary/aromatic N) is 2. The Morgan fingerprint density at radius 3 is 2.84 bits per heavy atom. The number of anilines is 1. The fraction of sp³-hybridized carbons (Fsp3) is 0.167. The number of aromatic nitrogens is 3. The van der Waals surface area contributed by atoms with E-state index in [0.29, 0.717) is 22.4 Å². The number of ether oxygens (including phenoxy) is 1. The van der Waals surface area contributed by atoms with Crippen molar-refractivity contribution in [3.63, 3.8) is 0 Å². The molecule has 0 bridgehead atoms. The molecule has 2 heterocycles. The fourth-order valence-corrected chi connectivity index (χ4v) is 2.74. The minimum absolute atomic E-state index is 0.235. The number of aromatic amines is 1. The molecule has 7 heteroatoms. The lowest BCUT2D eigenvalue weighted by Crippen LogP contribution is -2.11. The first-order valence-corrected chi connectivity index (χ1v) is 8.00. The van der Waals surface area contributed by atoms with Crippen LogP contribution < -0.4 is 10.1 Å². The van der Waals surface area contributed by atoms with E-state index in [-0.39, 0.29) is 5.91 Å². The van der Waals surface area contributed by atoms with Crippen molar-refractivity contribution in [2.45, 2.75) is 13.8 Å². The van der Waals surface area contributed by atoms with Crippen molar-refractivity contribution in [3.05, 3.63) is 52.3 Å². The molecule has 0 aliphatic heterocycles. The van der Waals surface area contributed by atoms with Crippen LogP contribution in [0.25, 0.3) is 17.0 Å². The molecular weight excluding hydrogens is 340 g/mol. The van der Waals surface area contributed by atoms with Crippen LogP contribution in [0.2, 0.25) is 5.15 Å². The Kier molecular flexibility index (Phi) is 4.72. The van der Waals surface area contributed by atoms with Crippen LogP contribution in [0.3, 0.4) is 0 Å². The number of carbonyl (C=O) groups excluding carboxylic acids is 1. The SMILES string of the molecule is COc1cc(C)c(NC(=O)/C=C/c2ccc3c(Cl)n[nH]c3c2)c(C)n1. The summed E-state index contributed by atoms with van der Waals surface area (Å²) in [6, 6.07) is 7.39. The van der Waals surface area contributed by atoms with Crippen LogP contribution in [-0.2, 0) is 4.79 Å². The number of fused-ring (bicyclic) bond motifs is 1. The van der Waals surface area contributed by atoms with Crippen molar-refractivity contribution in [2.75, 3.05) is 12.4 Å². The minimum atomic E-state index is -0.235. The Balaban J connectivity index is 1.76. The highest BCUT2D eigenvalue weighted by molar-refractivity contribution is 6.34. The summed E-state index contributed by atoms with van der Waals surface area (Å²) >= 11 is 5.95. The van der Waals surface area contributed by atoms with E-state index in [0.717, 1.165) is 22.0 Å². The highest BCUT2D eigenvalue weighted by Gasteiger charge is 2.09. The van der Waals surface area contributed by atoms with E-state index in [2.05, 4.69) is 20.5 Å². The first-order chi connectivity index (χ1) is 12.0. The summed E-state index contributed by atoms with van der Waals surface area (Å²) in [6.07, 6.45) is 3.20. The molecule has 3 rings (SSSR count). The Hall–Kier alpha value is -2.86. The maximum Gasteiger partial charge on any atom is 0.248 e. The molecule has 3 aromatic rings. The number of aryl methyl sites for hydroxylation is 2. The molecule has 0 atom stereocenters. The van der Waals surface area contributed by atoms with Gasteiger partial charge in [0, 0.05) is 17.5 Å². The van der Waals surface area contributed by atoms with Crippen LogP contribution >= 0.6 is 11.6 Å². The number of carbonyl (C=O) groups is 1. The number of hydrogen-bond acceptors (Lipinski definition) is 4. The van der Waals surface area contributed by atoms with Crippen molar-refractivity contribution < 1.29 is 9.53 Å². The van der Waals surface area contributed by atoms with Gasteiger partial charge >= 0.3 is 0 Å². The third kappa shape index (κ3) is 3.64. The lowest BCUT2D eigenvalue weighted by atomic mass is 10.1. The van der Waals surface area contributed by atoms with Crippen LogP contribution in [0.5, 0.6) is 5.88 Å². The van der Waals surface area contributed by atoms with Crippen LogP contribution in [0.15, 0.2) is 30.3 Å². The van der Waals surface area contributed by atoms with Gasteiger partial charge in [0.1, 0.15) is 0 Å². The molecule has 0 aliphatic rings. The summed E-state index contributed by atoms with van der Waals surface area (Å²) < 4.78 is 5.12. The van der Waals surface area contributed by atoms with Crippen LogP contribution in [0, 0.1) is 13.8 Å². The highest BCUT2D eigenvalue weighted by Crippen LogP contribution is 2.23. The molecule has 1 aromatic carbocycles. The molecule has 1 amide bonds. The number of hydrogen-bond donors (Lipinski definition) is 2. The highest BCUT2D eigenvalue weighted by atomic mass is 35.5. The third-order valence-electron chi connectivity index (χ3n) is 3.80. The van der Waals surface area contributed by atoms with Gasteiger partial charge in [0.2, 0.25) is 11.8 Å². The first kappa shape index (κ1) is 17.0. The topological polar surface area (TPSA) is 79.9 Å². The normalized spacial score (nSPS) is 11.2. The van der Waals surface area contributed by atoms with Crippen molar-refractivity contribution in [1.29, 1.82) is 0 Å². The van der Waals surface area contributed by atoms with Gasteiger partial charge < -0.3 is 10.1 Å². The molecule has 0 fully saturated rings. The molecule has 0 spiro atoms. The molecule has 0 unspecified atom stereocenters. The summed E-state index contributed by atoms with van der Waals surface area (Å²) in [5, 5.41) is 10.9. The van der Waals surface area contributed by atoms with Crippen LogP contribution in [0.4, 0.5) is 5.69 Å². The minimum Gasteiger partial charge on any atom is -0.481 e. The maximum atomic E-state index is 12.2. The summed E-state index contributed by atoms with van der Waals surface area (Å²) in [5.41, 5.74) is 3.96. The molecule has 0 saturated carbocycles. The van der Waals surface area contributed by atoms with Crippen molar-refractivity contribution in [1.82, 2.24) is 15.2 Å². The van der Waals surface area contributed by atoms with Gasteiger partial charge in [-0.15, -0.1) is 0 Å². The second kappa shape index (κ2) is 6.94. The average molecular weight is 357 g/mol. The largest absolute Gasteiger partial charge is 0.481 e. The Morgan fingerprint density at radius 2 is 2.12 bits per heavy atom. The zero-order valence-electron chi connectivity index (χ0n) is 14.1. The lowest BCUT2D eigenvalue weighted by molar-refractivity contribution is -0.111. The van der Waals surface area contributed by atoms with Gasteiger partial charge in [0.05, 0.1) is 24.0 Å². The number of nitrogens with one attached hydrogen (secondary N) is 2. The molecular formula is C18H17ClN4O2. The van der Waals surface area contributed by atoms with Crippen molar-refractivity contribution in [3.8, 4) is 5.88 Å². The predicted molar refractivity (Wildman–Crippen MR) is 99.0 cm³/mol. The standard InChI is InChI=1S/C18H17ClN4O2/c1-10-8-16(25-3)20-11(2)17(10)21-15(24)7-5-12-4-6-13-14(9-12)22-23-18(13)19/h4-9H,1-3H3,(H,21,24)(H,22,23)/b7-5+. The second-order valence-electron chi connectivity index (χ2n) is 5.58. The fourth-order valence-electron chi connectivity index (χ4n) is 2.53. The summed E-state index contributed by atoms with van der Waals surface area (Å²) in [7, 11) is 1.56. The second-order valence-corrected chi connectivity index (χ2v) is 5.94. The van der Waals surface area contributed by atoms with E-state index in [4.69, 9.17) is 16.3 Å². The van der Waals surface area contributed by atoms with Gasteiger partial charge in [0.25, 0.3) is 0 Å². The molecule has 128 valence electrons. The number of benzene rings is 1. The van der Waals surface area contributed by atoms with E-state index in [1.165, 1.54) is 6.08 Å². The molecule has 25 heavy (non-hydrogen) atoms. The van der Waals surface area contributed by atoms with E-state index in [1.54, 1.807) is 19.3 Å². The Bertz CT molecular complexity index is 955. The van der Waals surface area contributed by atoms with Crippen LogP contribution in [0.1, 0.15) is 16.8 Å². The number of pyridine rings is 1. The van der Waals surface area contributed by atoms with Crippen LogP contribution in [-0.4, -0.2) is 28.2 Å². The van der Waals surface area contributed by atoms with Crippen molar-refractivity contribution in [2.24, 2.45) is 0 Å². The smallest absolute Gasteiger partial charge is 0.248 e. The van der Waals surface area contributed by atoms with Gasteiger partial charge in [-0.25, -0.2) is 4.98 Å². The molecule has 2 N–H and O–H groups in total. The van der Waals surface area contributed by atoms with Crippen molar-refractivity contribution >= 4 is 40.2 Å². The van der Waals surface area contributed by atoms with E-state index in [1.807, 2.05) is 32.0 Å². The zero-order chi connectivity index (χ0) is 18.0. The zero-order valence-corrected chi connectivity index (χ0v) is 14.8. The number of H-pyrrole nitrogens is 1. The summed E-state index contributed by atoms with van der Waals surface area (Å²) in [6.45, 7) is 3.72. The third-order valence-corrected chi connectivity index (χ3v) is 4.09. The average Bonchev–Trinajstić information content (AvgIpc) is 2.96.